The van der Waals surface area contributed by atoms with E-state index in [2.05, 4.69) is 20.5 Å². The van der Waals surface area contributed by atoms with Crippen molar-refractivity contribution in [2.45, 2.75) is 32.5 Å². The number of rotatable bonds is 4. The number of benzene rings is 1. The molecule has 10 nitrogen and oxygen atoms in total. The van der Waals surface area contributed by atoms with Crippen molar-refractivity contribution in [2.75, 3.05) is 6.61 Å². The van der Waals surface area contributed by atoms with Crippen molar-refractivity contribution in [1.82, 2.24) is 29.6 Å². The summed E-state index contributed by atoms with van der Waals surface area (Å²) in [6.45, 7) is 3.88. The summed E-state index contributed by atoms with van der Waals surface area (Å²) >= 11 is 0. The predicted molar refractivity (Wildman–Crippen MR) is 102 cm³/mol. The minimum absolute atomic E-state index is 0.0798. The zero-order valence-corrected chi connectivity index (χ0v) is 16.3. The fraction of sp³-hybridized carbons (Fsp3) is 0.316. The van der Waals surface area contributed by atoms with E-state index in [0.717, 1.165) is 0 Å². The first-order valence-corrected chi connectivity index (χ1v) is 9.18. The van der Waals surface area contributed by atoms with Crippen molar-refractivity contribution in [2.24, 2.45) is 0 Å². The molecule has 1 amide bonds. The third-order valence-electron chi connectivity index (χ3n) is 4.85. The first-order chi connectivity index (χ1) is 14.3. The molecule has 30 heavy (non-hydrogen) atoms. The molecule has 2 aromatic heterocycles. The first-order valence-electron chi connectivity index (χ1n) is 9.18. The van der Waals surface area contributed by atoms with E-state index < -0.39 is 34.3 Å². The summed E-state index contributed by atoms with van der Waals surface area (Å²) in [5.74, 6) is -1.75. The number of amides is 1. The number of hydrogen-bond acceptors (Lipinski definition) is 7. The summed E-state index contributed by atoms with van der Waals surface area (Å²) in [5, 5.41) is 20.3. The van der Waals surface area contributed by atoms with Gasteiger partial charge in [0.15, 0.2) is 5.69 Å². The number of aromatic hydroxyl groups is 1. The van der Waals surface area contributed by atoms with E-state index in [9.17, 15) is 19.1 Å². The number of fused-ring (bicyclic) bond motifs is 1. The van der Waals surface area contributed by atoms with Crippen molar-refractivity contribution in [3.8, 4) is 11.4 Å². The Morgan fingerprint density at radius 1 is 1.33 bits per heavy atom. The minimum Gasteiger partial charge on any atom is -0.501 e. The number of hydrogen-bond donors (Lipinski definition) is 2. The van der Waals surface area contributed by atoms with Crippen LogP contribution in [0.2, 0.25) is 0 Å². The highest BCUT2D eigenvalue weighted by molar-refractivity contribution is 5.94. The molecule has 1 aromatic carbocycles. The lowest BCUT2D eigenvalue weighted by Crippen LogP contribution is -2.42. The number of halogens is 1. The van der Waals surface area contributed by atoms with Crippen LogP contribution in [0.15, 0.2) is 35.6 Å². The zero-order valence-electron chi connectivity index (χ0n) is 16.3. The Morgan fingerprint density at radius 2 is 2.07 bits per heavy atom. The van der Waals surface area contributed by atoms with Crippen LogP contribution in [0.25, 0.3) is 5.69 Å². The maximum Gasteiger partial charge on any atom is 0.296 e. The van der Waals surface area contributed by atoms with Crippen molar-refractivity contribution in [1.29, 1.82) is 0 Å². The smallest absolute Gasteiger partial charge is 0.296 e. The highest BCUT2D eigenvalue weighted by atomic mass is 19.1. The molecule has 0 saturated heterocycles. The molecule has 0 spiro atoms. The van der Waals surface area contributed by atoms with E-state index in [1.807, 2.05) is 0 Å². The largest absolute Gasteiger partial charge is 0.501 e. The van der Waals surface area contributed by atoms with E-state index in [1.165, 1.54) is 35.4 Å². The number of ether oxygens (including phenoxy) is 1. The molecular formula is C19H19FN6O4. The maximum atomic E-state index is 13.8. The number of carbonyl (C=O) groups excluding carboxylic acids is 1. The fourth-order valence-electron chi connectivity index (χ4n) is 3.36. The van der Waals surface area contributed by atoms with E-state index in [4.69, 9.17) is 4.74 Å². The molecule has 0 bridgehead atoms. The van der Waals surface area contributed by atoms with Crippen LogP contribution in [-0.4, -0.2) is 41.9 Å². The van der Waals surface area contributed by atoms with Gasteiger partial charge in [0, 0.05) is 6.54 Å². The van der Waals surface area contributed by atoms with Crippen LogP contribution in [0.3, 0.4) is 0 Å². The van der Waals surface area contributed by atoms with Gasteiger partial charge in [-0.15, -0.1) is 10.2 Å². The molecule has 0 radical (unpaired) electrons. The third-order valence-corrected chi connectivity index (χ3v) is 4.85. The molecular weight excluding hydrogens is 395 g/mol. The van der Waals surface area contributed by atoms with Crippen molar-refractivity contribution < 1.29 is 19.0 Å². The molecule has 2 N–H and O–H groups in total. The highest BCUT2D eigenvalue weighted by Gasteiger charge is 2.34. The maximum absolute atomic E-state index is 13.8. The van der Waals surface area contributed by atoms with E-state index in [0.29, 0.717) is 11.3 Å². The van der Waals surface area contributed by atoms with Gasteiger partial charge in [-0.2, -0.15) is 0 Å². The Morgan fingerprint density at radius 3 is 2.80 bits per heavy atom. The normalized spacial score (nSPS) is 14.9. The van der Waals surface area contributed by atoms with Crippen LogP contribution in [-0.2, 0) is 23.4 Å². The molecule has 0 unspecified atom stereocenters. The summed E-state index contributed by atoms with van der Waals surface area (Å²) in [6, 6.07) is 4.07. The van der Waals surface area contributed by atoms with E-state index >= 15 is 0 Å². The van der Waals surface area contributed by atoms with Gasteiger partial charge >= 0.3 is 0 Å². The zero-order chi connectivity index (χ0) is 21.5. The van der Waals surface area contributed by atoms with Gasteiger partial charge < -0.3 is 15.2 Å². The lowest BCUT2D eigenvalue weighted by atomic mass is 10.1. The Labute approximate surface area is 170 Å². The van der Waals surface area contributed by atoms with Crippen LogP contribution in [0.5, 0.6) is 5.75 Å². The van der Waals surface area contributed by atoms with Gasteiger partial charge in [0.1, 0.15) is 29.9 Å². The SMILES string of the molecule is CC1(C)OCCn2c1nc(C(=O)NCc1cc(F)ccc1-n1cnnc1)c(O)c2=O. The van der Waals surface area contributed by atoms with Gasteiger partial charge in [-0.3, -0.25) is 18.7 Å². The van der Waals surface area contributed by atoms with E-state index in [-0.39, 0.29) is 25.5 Å². The lowest BCUT2D eigenvalue weighted by molar-refractivity contribution is -0.0566. The Kier molecular flexibility index (Phi) is 4.82. The molecule has 11 heteroatoms. The standard InChI is InChI=1S/C19H19FN6O4/c1-19(2)18-24-14(15(27)17(29)26(18)5-6-30-19)16(28)21-8-11-7-12(20)3-4-13(11)25-9-22-23-10-25/h3-4,7,9-10,27H,5-6,8H2,1-2H3,(H,21,28). The van der Waals surface area contributed by atoms with Gasteiger partial charge in [-0.25, -0.2) is 9.37 Å². The molecule has 1 aliphatic rings. The average Bonchev–Trinajstić information content (AvgIpc) is 3.23. The molecule has 0 saturated carbocycles. The van der Waals surface area contributed by atoms with Gasteiger partial charge in [-0.05, 0) is 37.6 Å². The highest BCUT2D eigenvalue weighted by Crippen LogP contribution is 2.27. The van der Waals surface area contributed by atoms with Crippen LogP contribution in [0.1, 0.15) is 35.7 Å². The number of carbonyl (C=O) groups is 1. The summed E-state index contributed by atoms with van der Waals surface area (Å²) in [5.41, 5.74) is -1.01. The molecule has 0 fully saturated rings. The minimum atomic E-state index is -0.899. The second kappa shape index (κ2) is 7.34. The molecule has 0 atom stereocenters. The molecule has 4 rings (SSSR count). The topological polar surface area (TPSA) is 124 Å². The summed E-state index contributed by atoms with van der Waals surface area (Å²) in [7, 11) is 0. The van der Waals surface area contributed by atoms with Crippen LogP contribution >= 0.6 is 0 Å². The van der Waals surface area contributed by atoms with Gasteiger partial charge in [0.05, 0.1) is 18.8 Å². The predicted octanol–water partition coefficient (Wildman–Crippen LogP) is 0.864. The third kappa shape index (κ3) is 3.43. The van der Waals surface area contributed by atoms with Gasteiger partial charge in [0.25, 0.3) is 11.5 Å². The Hall–Kier alpha value is -3.60. The number of nitrogens with one attached hydrogen (secondary N) is 1. The van der Waals surface area contributed by atoms with Crippen molar-refractivity contribution in [3.63, 3.8) is 0 Å². The van der Waals surface area contributed by atoms with Crippen LogP contribution < -0.4 is 10.9 Å². The lowest BCUT2D eigenvalue weighted by Gasteiger charge is -2.32. The van der Waals surface area contributed by atoms with Gasteiger partial charge in [0.2, 0.25) is 5.75 Å². The number of nitrogens with zero attached hydrogens (tertiary/aromatic N) is 5. The Balaban J connectivity index is 1.64. The molecule has 0 aliphatic carbocycles. The first kappa shape index (κ1) is 19.7. The van der Waals surface area contributed by atoms with E-state index in [1.54, 1.807) is 18.4 Å². The summed E-state index contributed by atoms with van der Waals surface area (Å²) < 4.78 is 22.3. The summed E-state index contributed by atoms with van der Waals surface area (Å²) in [6.07, 6.45) is 2.89. The Bertz CT molecular complexity index is 1170. The molecule has 3 heterocycles. The van der Waals surface area contributed by atoms with Crippen molar-refractivity contribution >= 4 is 5.91 Å². The summed E-state index contributed by atoms with van der Waals surface area (Å²) in [4.78, 5) is 29.5. The second-order valence-corrected chi connectivity index (χ2v) is 7.27. The number of aromatic nitrogens is 5. The molecule has 3 aromatic rings. The quantitative estimate of drug-likeness (QED) is 0.649. The monoisotopic (exact) mass is 414 g/mol. The van der Waals surface area contributed by atoms with Crippen molar-refractivity contribution in [3.05, 3.63) is 64.1 Å². The molecule has 156 valence electrons. The van der Waals surface area contributed by atoms with Gasteiger partial charge in [-0.1, -0.05) is 0 Å². The average molecular weight is 414 g/mol. The van der Waals surface area contributed by atoms with Crippen LogP contribution in [0, 0.1) is 5.82 Å². The molecule has 1 aliphatic heterocycles. The second-order valence-electron chi connectivity index (χ2n) is 7.27. The van der Waals surface area contributed by atoms with Crippen LogP contribution in [0.4, 0.5) is 4.39 Å². The fourth-order valence-corrected chi connectivity index (χ4v) is 3.36.